The first-order chi connectivity index (χ1) is 11.6. The molecule has 0 unspecified atom stereocenters. The minimum atomic E-state index is -4.61. The van der Waals surface area contributed by atoms with Gasteiger partial charge in [-0.1, -0.05) is 30.3 Å². The predicted octanol–water partition coefficient (Wildman–Crippen LogP) is 3.68. The Labute approximate surface area is 144 Å². The van der Waals surface area contributed by atoms with Gasteiger partial charge in [-0.25, -0.2) is 13.1 Å². The van der Waals surface area contributed by atoms with Gasteiger partial charge in [0.1, 0.15) is 0 Å². The molecule has 0 radical (unpaired) electrons. The van der Waals surface area contributed by atoms with Crippen LogP contribution in [0.5, 0.6) is 0 Å². The van der Waals surface area contributed by atoms with E-state index in [2.05, 4.69) is 4.72 Å². The van der Waals surface area contributed by atoms with E-state index < -0.39 is 32.8 Å². The van der Waals surface area contributed by atoms with E-state index in [1.165, 1.54) is 7.11 Å². The standard InChI is InChI=1S/C17H18F3NO3S/c1-12-6-3-4-9-15(12)16(24-2)11-21-25(22,23)14-8-5-7-13(10-14)17(18,19)20/h3-10,16,21H,11H2,1-2H3/t16-/m0/s1. The van der Waals surface area contributed by atoms with E-state index in [1.807, 2.05) is 25.1 Å². The SMILES string of the molecule is CO[C@@H](CNS(=O)(=O)c1cccc(C(F)(F)F)c1)c1ccccc1C. The van der Waals surface area contributed by atoms with Crippen molar-refractivity contribution in [2.75, 3.05) is 13.7 Å². The summed E-state index contributed by atoms with van der Waals surface area (Å²) in [6.45, 7) is 1.77. The van der Waals surface area contributed by atoms with Gasteiger partial charge in [0.15, 0.2) is 0 Å². The van der Waals surface area contributed by atoms with Gasteiger partial charge in [0, 0.05) is 13.7 Å². The summed E-state index contributed by atoms with van der Waals surface area (Å²) in [7, 11) is -2.66. The van der Waals surface area contributed by atoms with E-state index in [-0.39, 0.29) is 6.54 Å². The van der Waals surface area contributed by atoms with Gasteiger partial charge in [-0.2, -0.15) is 13.2 Å². The first kappa shape index (κ1) is 19.4. The highest BCUT2D eigenvalue weighted by molar-refractivity contribution is 7.89. The Morgan fingerprint density at radius 1 is 1.12 bits per heavy atom. The monoisotopic (exact) mass is 373 g/mol. The molecule has 0 amide bonds. The molecule has 25 heavy (non-hydrogen) atoms. The number of hydrogen-bond acceptors (Lipinski definition) is 3. The zero-order chi connectivity index (χ0) is 18.7. The maximum absolute atomic E-state index is 12.8. The van der Waals surface area contributed by atoms with Gasteiger partial charge in [-0.05, 0) is 36.2 Å². The summed E-state index contributed by atoms with van der Waals surface area (Å²) in [4.78, 5) is -0.443. The Bertz CT molecular complexity index is 835. The number of hydrogen-bond donors (Lipinski definition) is 1. The molecule has 8 heteroatoms. The van der Waals surface area contributed by atoms with Crippen molar-refractivity contribution in [2.24, 2.45) is 0 Å². The number of ether oxygens (including phenoxy) is 1. The lowest BCUT2D eigenvalue weighted by atomic mass is 10.0. The smallest absolute Gasteiger partial charge is 0.375 e. The third-order valence-corrected chi connectivity index (χ3v) is 5.17. The molecule has 0 aliphatic rings. The van der Waals surface area contributed by atoms with Crippen molar-refractivity contribution < 1.29 is 26.3 Å². The second kappa shape index (κ2) is 7.55. The van der Waals surface area contributed by atoms with Gasteiger partial charge in [0.25, 0.3) is 0 Å². The number of benzene rings is 2. The lowest BCUT2D eigenvalue weighted by Crippen LogP contribution is -2.29. The van der Waals surface area contributed by atoms with Gasteiger partial charge in [-0.3, -0.25) is 0 Å². The van der Waals surface area contributed by atoms with E-state index in [9.17, 15) is 21.6 Å². The predicted molar refractivity (Wildman–Crippen MR) is 87.6 cm³/mol. The lowest BCUT2D eigenvalue weighted by molar-refractivity contribution is -0.137. The van der Waals surface area contributed by atoms with Crippen LogP contribution in [0.1, 0.15) is 22.8 Å². The van der Waals surface area contributed by atoms with Crippen LogP contribution in [0.15, 0.2) is 53.4 Å². The average molecular weight is 373 g/mol. The van der Waals surface area contributed by atoms with Crippen LogP contribution in [-0.4, -0.2) is 22.1 Å². The van der Waals surface area contributed by atoms with E-state index in [0.29, 0.717) is 6.07 Å². The Morgan fingerprint density at radius 2 is 1.80 bits per heavy atom. The van der Waals surface area contributed by atoms with E-state index in [4.69, 9.17) is 4.74 Å². The number of nitrogens with one attached hydrogen (secondary N) is 1. The molecule has 4 nitrogen and oxygen atoms in total. The fraction of sp³-hybridized carbons (Fsp3) is 0.294. The number of sulfonamides is 1. The minimum Gasteiger partial charge on any atom is -0.375 e. The number of methoxy groups -OCH3 is 1. The molecule has 2 rings (SSSR count). The highest BCUT2D eigenvalue weighted by Crippen LogP contribution is 2.30. The molecule has 0 spiro atoms. The topological polar surface area (TPSA) is 55.4 Å². The van der Waals surface area contributed by atoms with E-state index in [1.54, 1.807) is 6.07 Å². The minimum absolute atomic E-state index is 0.0973. The molecular weight excluding hydrogens is 355 g/mol. The van der Waals surface area contributed by atoms with Crippen LogP contribution in [0, 0.1) is 6.92 Å². The molecule has 0 aliphatic heterocycles. The first-order valence-corrected chi connectivity index (χ1v) is 8.88. The Kier molecular flexibility index (Phi) is 5.87. The maximum Gasteiger partial charge on any atom is 0.416 e. The fourth-order valence-corrected chi connectivity index (χ4v) is 3.45. The Morgan fingerprint density at radius 3 is 2.40 bits per heavy atom. The highest BCUT2D eigenvalue weighted by Gasteiger charge is 2.31. The molecule has 0 heterocycles. The first-order valence-electron chi connectivity index (χ1n) is 7.40. The van der Waals surface area contributed by atoms with Crippen LogP contribution in [0.25, 0.3) is 0 Å². The summed E-state index contributed by atoms with van der Waals surface area (Å²) in [6, 6.07) is 10.9. The number of rotatable bonds is 6. The van der Waals surface area contributed by atoms with Crippen molar-refractivity contribution in [3.8, 4) is 0 Å². The third kappa shape index (κ3) is 4.81. The number of alkyl halides is 3. The van der Waals surface area contributed by atoms with Crippen molar-refractivity contribution in [2.45, 2.75) is 24.1 Å². The van der Waals surface area contributed by atoms with Crippen LogP contribution in [0.3, 0.4) is 0 Å². The number of aryl methyl sites for hydroxylation is 1. The molecule has 0 aromatic heterocycles. The fourth-order valence-electron chi connectivity index (χ4n) is 2.38. The van der Waals surface area contributed by atoms with E-state index in [0.717, 1.165) is 29.3 Å². The second-order valence-corrected chi connectivity index (χ2v) is 7.23. The highest BCUT2D eigenvalue weighted by atomic mass is 32.2. The van der Waals surface area contributed by atoms with Crippen LogP contribution < -0.4 is 4.72 Å². The molecular formula is C17H18F3NO3S. The van der Waals surface area contributed by atoms with Gasteiger partial charge in [0.2, 0.25) is 10.0 Å². The van der Waals surface area contributed by atoms with Crippen LogP contribution in [-0.2, 0) is 20.9 Å². The molecule has 0 bridgehead atoms. The van der Waals surface area contributed by atoms with Crippen LogP contribution in [0.4, 0.5) is 13.2 Å². The molecule has 1 N–H and O–H groups in total. The average Bonchev–Trinajstić information content (AvgIpc) is 2.56. The summed E-state index contributed by atoms with van der Waals surface area (Å²) in [5.41, 5.74) is 0.710. The molecule has 0 aliphatic carbocycles. The zero-order valence-electron chi connectivity index (χ0n) is 13.7. The Hall–Kier alpha value is -1.90. The zero-order valence-corrected chi connectivity index (χ0v) is 14.5. The van der Waals surface area contributed by atoms with Crippen LogP contribution >= 0.6 is 0 Å². The quantitative estimate of drug-likeness (QED) is 0.840. The van der Waals surface area contributed by atoms with Crippen molar-refractivity contribution in [3.63, 3.8) is 0 Å². The summed E-state index contributed by atoms with van der Waals surface area (Å²) in [6.07, 6.45) is -5.16. The molecule has 0 saturated carbocycles. The number of halogens is 3. The summed E-state index contributed by atoms with van der Waals surface area (Å²) >= 11 is 0. The molecule has 0 saturated heterocycles. The summed E-state index contributed by atoms with van der Waals surface area (Å²) < 4.78 is 70.5. The second-order valence-electron chi connectivity index (χ2n) is 5.46. The molecule has 136 valence electrons. The summed E-state index contributed by atoms with van der Waals surface area (Å²) in [5.74, 6) is 0. The molecule has 1 atom stereocenters. The normalized spacial score (nSPS) is 13.6. The van der Waals surface area contributed by atoms with E-state index >= 15 is 0 Å². The lowest BCUT2D eigenvalue weighted by Gasteiger charge is -2.19. The molecule has 0 fully saturated rings. The maximum atomic E-state index is 12.8. The van der Waals surface area contributed by atoms with Gasteiger partial charge in [0.05, 0.1) is 16.6 Å². The van der Waals surface area contributed by atoms with Crippen molar-refractivity contribution >= 4 is 10.0 Å². The molecule has 2 aromatic rings. The summed E-state index contributed by atoms with van der Waals surface area (Å²) in [5, 5.41) is 0. The van der Waals surface area contributed by atoms with Gasteiger partial charge >= 0.3 is 6.18 Å². The third-order valence-electron chi connectivity index (χ3n) is 3.75. The van der Waals surface area contributed by atoms with Crippen molar-refractivity contribution in [3.05, 3.63) is 65.2 Å². The van der Waals surface area contributed by atoms with Gasteiger partial charge in [-0.15, -0.1) is 0 Å². The molecule has 2 aromatic carbocycles. The van der Waals surface area contributed by atoms with Crippen molar-refractivity contribution in [1.29, 1.82) is 0 Å². The van der Waals surface area contributed by atoms with Crippen LogP contribution in [0.2, 0.25) is 0 Å². The largest absolute Gasteiger partial charge is 0.416 e. The Balaban J connectivity index is 2.20. The van der Waals surface area contributed by atoms with Crippen molar-refractivity contribution in [1.82, 2.24) is 4.72 Å². The van der Waals surface area contributed by atoms with Gasteiger partial charge < -0.3 is 4.74 Å².